The molecule has 0 aliphatic carbocycles. The number of nitrogens with two attached hydrogens (primary N) is 1. The lowest BCUT2D eigenvalue weighted by molar-refractivity contribution is -0.139. The zero-order valence-corrected chi connectivity index (χ0v) is 16.8. The molecule has 0 saturated carbocycles. The summed E-state index contributed by atoms with van der Waals surface area (Å²) in [5.41, 5.74) is 6.38. The lowest BCUT2D eigenvalue weighted by atomic mass is 9.82. The van der Waals surface area contributed by atoms with Crippen LogP contribution in [-0.2, 0) is 16.0 Å². The third-order valence-corrected chi connectivity index (χ3v) is 6.26. The van der Waals surface area contributed by atoms with Crippen molar-refractivity contribution in [2.45, 2.75) is 63.1 Å². The van der Waals surface area contributed by atoms with E-state index >= 15 is 0 Å². The number of hydrogen-bond donors (Lipinski definition) is 1. The van der Waals surface area contributed by atoms with E-state index in [4.69, 9.17) is 5.73 Å². The van der Waals surface area contributed by atoms with Crippen molar-refractivity contribution in [3.05, 3.63) is 35.1 Å². The van der Waals surface area contributed by atoms with Crippen molar-refractivity contribution in [3.63, 3.8) is 0 Å². The molecule has 2 saturated heterocycles. The molecule has 2 aliphatic rings. The summed E-state index contributed by atoms with van der Waals surface area (Å²) in [4.78, 5) is 27.8. The number of rotatable bonds is 6. The topological polar surface area (TPSA) is 66.6 Å². The van der Waals surface area contributed by atoms with Crippen molar-refractivity contribution in [2.24, 2.45) is 11.7 Å². The highest BCUT2D eigenvalue weighted by Gasteiger charge is 2.44. The second kappa shape index (κ2) is 8.73. The van der Waals surface area contributed by atoms with Crippen LogP contribution in [0.5, 0.6) is 0 Å². The zero-order chi connectivity index (χ0) is 21.3. The molecule has 2 aliphatic heterocycles. The maximum Gasteiger partial charge on any atom is 0.223 e. The molecule has 0 unspecified atom stereocenters. The summed E-state index contributed by atoms with van der Waals surface area (Å²) in [6.45, 7) is 0. The molecular formula is C21H28F3N3O2. The first kappa shape index (κ1) is 21.6. The summed E-state index contributed by atoms with van der Waals surface area (Å²) < 4.78 is 40.5. The van der Waals surface area contributed by atoms with E-state index in [2.05, 4.69) is 0 Å². The zero-order valence-electron chi connectivity index (χ0n) is 16.8. The number of carbonyl (C=O) groups is 2. The quantitative estimate of drug-likeness (QED) is 0.732. The normalized spacial score (nSPS) is 24.5. The van der Waals surface area contributed by atoms with Gasteiger partial charge >= 0.3 is 0 Å². The molecule has 1 aromatic carbocycles. The van der Waals surface area contributed by atoms with Crippen LogP contribution in [0.2, 0.25) is 0 Å². The summed E-state index contributed by atoms with van der Waals surface area (Å²) in [5, 5.41) is 0. The highest BCUT2D eigenvalue weighted by atomic mass is 19.2. The molecule has 2 N–H and O–H groups in total. The molecule has 0 radical (unpaired) electrons. The Morgan fingerprint density at radius 3 is 2.24 bits per heavy atom. The van der Waals surface area contributed by atoms with Gasteiger partial charge in [-0.1, -0.05) is 0 Å². The van der Waals surface area contributed by atoms with E-state index < -0.39 is 23.5 Å². The first-order valence-electron chi connectivity index (χ1n) is 10.1. The van der Waals surface area contributed by atoms with Gasteiger partial charge in [0, 0.05) is 51.1 Å². The van der Waals surface area contributed by atoms with E-state index in [9.17, 15) is 22.8 Å². The Bertz CT molecular complexity index is 773. The van der Waals surface area contributed by atoms with Gasteiger partial charge in [-0.25, -0.2) is 13.2 Å². The largest absolute Gasteiger partial charge is 0.349 e. The Balaban J connectivity index is 1.60. The second-order valence-corrected chi connectivity index (χ2v) is 8.43. The lowest BCUT2D eigenvalue weighted by Crippen LogP contribution is -2.50. The van der Waals surface area contributed by atoms with E-state index in [1.54, 1.807) is 14.1 Å². The first-order valence-corrected chi connectivity index (χ1v) is 10.1. The first-order chi connectivity index (χ1) is 13.7. The highest BCUT2D eigenvalue weighted by Crippen LogP contribution is 2.40. The molecule has 2 fully saturated rings. The number of amides is 2. The van der Waals surface area contributed by atoms with Crippen LogP contribution in [0.15, 0.2) is 12.1 Å². The summed E-state index contributed by atoms with van der Waals surface area (Å²) >= 11 is 0. The van der Waals surface area contributed by atoms with Crippen LogP contribution in [0.4, 0.5) is 13.2 Å². The van der Waals surface area contributed by atoms with Crippen LogP contribution < -0.4 is 5.73 Å². The standard InChI is InChI=1S/C21H28F3N3O2/c1-26(2)20(28)5-6-21(29)27-14-3-4-15(27)8-13(7-14)19(25)10-12-9-17(23)18(24)11-16(12)22/h9,11,13-15,19H,3-8,10,25H2,1-2H3/t13-,14+,15-,19-/m1/s1. The molecule has 8 heteroatoms. The number of nitrogens with zero attached hydrogens (tertiary/aromatic N) is 2. The summed E-state index contributed by atoms with van der Waals surface area (Å²) in [6, 6.07) is 1.17. The third kappa shape index (κ3) is 4.74. The molecule has 2 bridgehead atoms. The van der Waals surface area contributed by atoms with Gasteiger partial charge < -0.3 is 15.5 Å². The van der Waals surface area contributed by atoms with Crippen molar-refractivity contribution in [3.8, 4) is 0 Å². The average Bonchev–Trinajstić information content (AvgIpc) is 2.93. The number of fused-ring (bicyclic) bond motifs is 2. The van der Waals surface area contributed by atoms with Gasteiger partial charge in [0.2, 0.25) is 11.8 Å². The van der Waals surface area contributed by atoms with Gasteiger partial charge in [-0.15, -0.1) is 0 Å². The van der Waals surface area contributed by atoms with Crippen molar-refractivity contribution >= 4 is 11.8 Å². The third-order valence-electron chi connectivity index (χ3n) is 6.26. The Kier molecular flexibility index (Phi) is 6.51. The Morgan fingerprint density at radius 2 is 1.66 bits per heavy atom. The van der Waals surface area contributed by atoms with Gasteiger partial charge in [0.25, 0.3) is 0 Å². The van der Waals surface area contributed by atoms with E-state index in [1.807, 2.05) is 4.90 Å². The monoisotopic (exact) mass is 411 g/mol. The van der Waals surface area contributed by atoms with E-state index in [1.165, 1.54) is 4.90 Å². The Hall–Kier alpha value is -2.09. The van der Waals surface area contributed by atoms with Gasteiger partial charge in [0.15, 0.2) is 11.6 Å². The fourth-order valence-corrected chi connectivity index (χ4v) is 4.68. The van der Waals surface area contributed by atoms with Gasteiger partial charge in [-0.05, 0) is 49.7 Å². The average molecular weight is 411 g/mol. The SMILES string of the molecule is CN(C)C(=O)CCC(=O)N1[C@@H]2CC[C@H]1C[C@@H]([C@H](N)Cc1cc(F)c(F)cc1F)C2. The smallest absolute Gasteiger partial charge is 0.223 e. The number of benzene rings is 1. The van der Waals surface area contributed by atoms with Crippen LogP contribution in [0.1, 0.15) is 44.1 Å². The van der Waals surface area contributed by atoms with Gasteiger partial charge in [0.1, 0.15) is 5.82 Å². The predicted molar refractivity (Wildman–Crippen MR) is 102 cm³/mol. The van der Waals surface area contributed by atoms with Crippen LogP contribution in [-0.4, -0.2) is 53.8 Å². The van der Waals surface area contributed by atoms with Gasteiger partial charge in [-0.2, -0.15) is 0 Å². The second-order valence-electron chi connectivity index (χ2n) is 8.43. The number of carbonyl (C=O) groups excluding carboxylic acids is 2. The van der Waals surface area contributed by atoms with Crippen molar-refractivity contribution in [2.75, 3.05) is 14.1 Å². The van der Waals surface area contributed by atoms with Crippen LogP contribution >= 0.6 is 0 Å². The number of hydrogen-bond acceptors (Lipinski definition) is 3. The van der Waals surface area contributed by atoms with Gasteiger partial charge in [0.05, 0.1) is 0 Å². The molecule has 0 aromatic heterocycles. The lowest BCUT2D eigenvalue weighted by Gasteiger charge is -2.41. The molecule has 1 aromatic rings. The summed E-state index contributed by atoms with van der Waals surface area (Å²) in [7, 11) is 3.33. The van der Waals surface area contributed by atoms with E-state index in [0.717, 1.165) is 18.9 Å². The van der Waals surface area contributed by atoms with Crippen LogP contribution in [0.25, 0.3) is 0 Å². The molecular weight excluding hydrogens is 383 g/mol. The maximum absolute atomic E-state index is 14.0. The fraction of sp³-hybridized carbons (Fsp3) is 0.619. The molecule has 4 atom stereocenters. The summed E-state index contributed by atoms with van der Waals surface area (Å²) in [6.07, 6.45) is 3.70. The molecule has 5 nitrogen and oxygen atoms in total. The molecule has 160 valence electrons. The van der Waals surface area contributed by atoms with Gasteiger partial charge in [-0.3, -0.25) is 9.59 Å². The highest BCUT2D eigenvalue weighted by molar-refractivity contribution is 5.84. The van der Waals surface area contributed by atoms with Crippen molar-refractivity contribution in [1.29, 1.82) is 0 Å². The molecule has 2 heterocycles. The van der Waals surface area contributed by atoms with E-state index in [-0.39, 0.29) is 54.6 Å². The Morgan fingerprint density at radius 1 is 1.07 bits per heavy atom. The summed E-state index contributed by atoms with van der Waals surface area (Å²) in [5.74, 6) is -3.09. The van der Waals surface area contributed by atoms with Crippen LogP contribution in [0.3, 0.4) is 0 Å². The molecule has 3 rings (SSSR count). The van der Waals surface area contributed by atoms with E-state index in [0.29, 0.717) is 18.9 Å². The number of piperidine rings is 1. The Labute approximate surface area is 169 Å². The minimum absolute atomic E-state index is 0.00799. The number of halogens is 3. The maximum atomic E-state index is 14.0. The minimum atomic E-state index is -1.21. The minimum Gasteiger partial charge on any atom is -0.349 e. The van der Waals surface area contributed by atoms with Crippen molar-refractivity contribution in [1.82, 2.24) is 9.80 Å². The van der Waals surface area contributed by atoms with Crippen molar-refractivity contribution < 1.29 is 22.8 Å². The fourth-order valence-electron chi connectivity index (χ4n) is 4.68. The molecule has 2 amide bonds. The molecule has 29 heavy (non-hydrogen) atoms. The van der Waals surface area contributed by atoms with Crippen LogP contribution in [0, 0.1) is 23.4 Å². The predicted octanol–water partition coefficient (Wildman–Crippen LogP) is 2.61. The molecule has 0 spiro atoms.